The van der Waals surface area contributed by atoms with Crippen molar-refractivity contribution in [3.63, 3.8) is 0 Å². The van der Waals surface area contributed by atoms with Gasteiger partial charge < -0.3 is 9.73 Å². The number of benzene rings is 1. The van der Waals surface area contributed by atoms with Crippen molar-refractivity contribution in [3.05, 3.63) is 47.2 Å². The third-order valence-corrected chi connectivity index (χ3v) is 4.43. The summed E-state index contributed by atoms with van der Waals surface area (Å²) in [6.07, 6.45) is 0.702. The topological polar surface area (TPSA) is 88.6 Å². The number of amides is 2. The first-order valence-electron chi connectivity index (χ1n) is 8.04. The summed E-state index contributed by atoms with van der Waals surface area (Å²) in [7, 11) is 1.52. The highest BCUT2D eigenvalue weighted by molar-refractivity contribution is 6.30. The first-order chi connectivity index (χ1) is 11.9. The molecule has 2 aromatic rings. The van der Waals surface area contributed by atoms with Gasteiger partial charge in [-0.1, -0.05) is 31.9 Å². The molecule has 0 aliphatic heterocycles. The number of rotatable bonds is 6. The molecule has 0 radical (unpaired) electrons. The smallest absolute Gasteiger partial charge is 0.304 e. The van der Waals surface area contributed by atoms with Crippen LogP contribution in [0.25, 0.3) is 11.3 Å². The van der Waals surface area contributed by atoms with E-state index in [9.17, 15) is 9.59 Å². The maximum atomic E-state index is 12.6. The molecular formula is C18H22ClN3O3. The van der Waals surface area contributed by atoms with E-state index < -0.39 is 11.9 Å². The average Bonchev–Trinajstić information content (AvgIpc) is 3.11. The molecular weight excluding hydrogens is 342 g/mol. The first-order valence-corrected chi connectivity index (χ1v) is 8.42. The summed E-state index contributed by atoms with van der Waals surface area (Å²) in [5, 5.41) is 4.10. The molecule has 2 amide bonds. The average molecular weight is 364 g/mol. The van der Waals surface area contributed by atoms with E-state index in [2.05, 4.69) is 5.32 Å². The second kappa shape index (κ2) is 8.18. The summed E-state index contributed by atoms with van der Waals surface area (Å²) in [6.45, 7) is 3.80. The molecule has 0 fully saturated rings. The van der Waals surface area contributed by atoms with E-state index in [-0.39, 0.29) is 17.6 Å². The quantitative estimate of drug-likeness (QED) is 0.469. The molecule has 1 aromatic carbocycles. The number of hydrogen-bond acceptors (Lipinski definition) is 4. The van der Waals surface area contributed by atoms with E-state index in [4.69, 9.17) is 21.9 Å². The highest BCUT2D eigenvalue weighted by Gasteiger charge is 2.33. The molecule has 25 heavy (non-hydrogen) atoms. The molecule has 0 spiro atoms. The zero-order chi connectivity index (χ0) is 18.6. The minimum atomic E-state index is -0.772. The summed E-state index contributed by atoms with van der Waals surface area (Å²) in [5.74, 6) is 5.60. The van der Waals surface area contributed by atoms with Gasteiger partial charge in [-0.15, -0.1) is 0 Å². The second-order valence-electron chi connectivity index (χ2n) is 5.83. The van der Waals surface area contributed by atoms with Crippen molar-refractivity contribution < 1.29 is 14.0 Å². The molecule has 2 atom stereocenters. The number of hydrogen-bond donors (Lipinski definition) is 2. The van der Waals surface area contributed by atoms with Gasteiger partial charge >= 0.3 is 5.91 Å². The van der Waals surface area contributed by atoms with Crippen LogP contribution in [0, 0.1) is 5.92 Å². The molecule has 2 rings (SSSR count). The molecule has 0 aliphatic rings. The largest absolute Gasteiger partial charge is 0.451 e. The number of halogens is 1. The van der Waals surface area contributed by atoms with Gasteiger partial charge in [0.05, 0.1) is 0 Å². The van der Waals surface area contributed by atoms with Gasteiger partial charge in [-0.05, 0) is 42.3 Å². The molecule has 0 unspecified atom stereocenters. The predicted octanol–water partition coefficient (Wildman–Crippen LogP) is 3.08. The van der Waals surface area contributed by atoms with Gasteiger partial charge in [0, 0.05) is 17.6 Å². The van der Waals surface area contributed by atoms with Gasteiger partial charge in [-0.3, -0.25) is 14.6 Å². The van der Waals surface area contributed by atoms with Gasteiger partial charge in [0.1, 0.15) is 11.8 Å². The SMILES string of the molecule is CC[C@@H](C)[C@@H](C(=O)NC)N(N)C(=O)c1ccc(-c2ccc(Cl)cc2)o1. The number of carbonyl (C=O) groups is 2. The maximum absolute atomic E-state index is 12.6. The third-order valence-electron chi connectivity index (χ3n) is 4.18. The summed E-state index contributed by atoms with van der Waals surface area (Å²) in [4.78, 5) is 24.8. The lowest BCUT2D eigenvalue weighted by Crippen LogP contribution is -2.55. The van der Waals surface area contributed by atoms with Crippen LogP contribution in [0.5, 0.6) is 0 Å². The standard InChI is InChI=1S/C18H22ClN3O3/c1-4-11(2)16(17(23)21-3)22(20)18(24)15-10-9-14(25-15)12-5-7-13(19)8-6-12/h5-11,16H,4,20H2,1-3H3,(H,21,23)/t11-,16+/m1/s1. The Morgan fingerprint density at radius 1 is 1.24 bits per heavy atom. The van der Waals surface area contributed by atoms with Crippen LogP contribution in [0.1, 0.15) is 30.8 Å². The number of nitrogens with two attached hydrogens (primary N) is 1. The number of nitrogens with one attached hydrogen (secondary N) is 1. The Bertz CT molecular complexity index is 742. The Morgan fingerprint density at radius 3 is 2.44 bits per heavy atom. The molecule has 7 heteroatoms. The van der Waals surface area contributed by atoms with Crippen LogP contribution in [0.15, 0.2) is 40.8 Å². The van der Waals surface area contributed by atoms with Crippen molar-refractivity contribution in [2.24, 2.45) is 11.8 Å². The Hall–Kier alpha value is -2.31. The lowest BCUT2D eigenvalue weighted by atomic mass is 9.97. The molecule has 0 bridgehead atoms. The van der Waals surface area contributed by atoms with E-state index >= 15 is 0 Å². The number of nitrogens with zero attached hydrogens (tertiary/aromatic N) is 1. The Labute approximate surface area is 151 Å². The number of carbonyl (C=O) groups excluding carboxylic acids is 2. The minimum Gasteiger partial charge on any atom is -0.451 e. The normalized spacial score (nSPS) is 13.2. The van der Waals surface area contributed by atoms with E-state index in [0.717, 1.165) is 10.6 Å². The van der Waals surface area contributed by atoms with E-state index in [1.54, 1.807) is 36.4 Å². The van der Waals surface area contributed by atoms with Crippen LogP contribution in [0.3, 0.4) is 0 Å². The molecule has 0 aliphatic carbocycles. The minimum absolute atomic E-state index is 0.0738. The lowest BCUT2D eigenvalue weighted by molar-refractivity contribution is -0.127. The highest BCUT2D eigenvalue weighted by atomic mass is 35.5. The van der Waals surface area contributed by atoms with Gasteiger partial charge in [-0.25, -0.2) is 5.84 Å². The van der Waals surface area contributed by atoms with Gasteiger partial charge in [0.15, 0.2) is 5.76 Å². The van der Waals surface area contributed by atoms with E-state index in [1.165, 1.54) is 7.05 Å². The molecule has 134 valence electrons. The van der Waals surface area contributed by atoms with E-state index in [0.29, 0.717) is 17.2 Å². The van der Waals surface area contributed by atoms with Crippen LogP contribution >= 0.6 is 11.6 Å². The summed E-state index contributed by atoms with van der Waals surface area (Å²) >= 11 is 5.87. The zero-order valence-electron chi connectivity index (χ0n) is 14.5. The van der Waals surface area contributed by atoms with Crippen molar-refractivity contribution in [3.8, 4) is 11.3 Å². The number of likely N-dealkylation sites (N-methyl/N-ethyl adjacent to an activating group) is 1. The van der Waals surface area contributed by atoms with Crippen LogP contribution < -0.4 is 11.2 Å². The van der Waals surface area contributed by atoms with Gasteiger partial charge in [0.2, 0.25) is 5.91 Å². The molecule has 3 N–H and O–H groups in total. The van der Waals surface area contributed by atoms with Crippen molar-refractivity contribution in [1.82, 2.24) is 10.3 Å². The van der Waals surface area contributed by atoms with Crippen molar-refractivity contribution in [2.75, 3.05) is 7.05 Å². The zero-order valence-corrected chi connectivity index (χ0v) is 15.2. The van der Waals surface area contributed by atoms with Crippen LogP contribution in [-0.4, -0.2) is 29.9 Å². The molecule has 1 aromatic heterocycles. The van der Waals surface area contributed by atoms with Crippen LogP contribution in [0.2, 0.25) is 5.02 Å². The predicted molar refractivity (Wildman–Crippen MR) is 96.8 cm³/mol. The fourth-order valence-electron chi connectivity index (χ4n) is 2.51. The fraction of sp³-hybridized carbons (Fsp3) is 0.333. The van der Waals surface area contributed by atoms with Crippen molar-refractivity contribution in [1.29, 1.82) is 0 Å². The van der Waals surface area contributed by atoms with Gasteiger partial charge in [0.25, 0.3) is 0 Å². The molecule has 0 saturated carbocycles. The monoisotopic (exact) mass is 363 g/mol. The van der Waals surface area contributed by atoms with Crippen LogP contribution in [-0.2, 0) is 4.79 Å². The second-order valence-corrected chi connectivity index (χ2v) is 6.26. The lowest BCUT2D eigenvalue weighted by Gasteiger charge is -2.29. The number of furan rings is 1. The Kier molecular flexibility index (Phi) is 6.22. The Morgan fingerprint density at radius 2 is 1.88 bits per heavy atom. The molecule has 0 saturated heterocycles. The van der Waals surface area contributed by atoms with E-state index in [1.807, 2.05) is 13.8 Å². The van der Waals surface area contributed by atoms with Crippen molar-refractivity contribution in [2.45, 2.75) is 26.3 Å². The van der Waals surface area contributed by atoms with Gasteiger partial charge in [-0.2, -0.15) is 0 Å². The summed E-state index contributed by atoms with van der Waals surface area (Å²) < 4.78 is 5.62. The fourth-order valence-corrected chi connectivity index (χ4v) is 2.63. The summed E-state index contributed by atoms with van der Waals surface area (Å²) in [6, 6.07) is 9.52. The Balaban J connectivity index is 2.24. The van der Waals surface area contributed by atoms with Crippen LogP contribution in [0.4, 0.5) is 0 Å². The van der Waals surface area contributed by atoms with Crippen molar-refractivity contribution >= 4 is 23.4 Å². The first kappa shape index (κ1) is 19.0. The number of hydrazine groups is 1. The maximum Gasteiger partial charge on any atom is 0.304 e. The third kappa shape index (κ3) is 4.21. The molecule has 1 heterocycles. The molecule has 6 nitrogen and oxygen atoms in total. The highest BCUT2D eigenvalue weighted by Crippen LogP contribution is 2.25. The summed E-state index contributed by atoms with van der Waals surface area (Å²) in [5.41, 5.74) is 0.789.